The second-order valence-corrected chi connectivity index (χ2v) is 6.53. The highest BCUT2D eigenvalue weighted by atomic mass is 32.1. The van der Waals surface area contributed by atoms with E-state index in [0.717, 1.165) is 25.9 Å². The predicted molar refractivity (Wildman–Crippen MR) is 86.3 cm³/mol. The Hall–Kier alpha value is -0.910. The van der Waals surface area contributed by atoms with Crippen molar-refractivity contribution in [2.45, 2.75) is 51.7 Å². The van der Waals surface area contributed by atoms with E-state index >= 15 is 0 Å². The summed E-state index contributed by atoms with van der Waals surface area (Å²) in [5.41, 5.74) is 0.704. The van der Waals surface area contributed by atoms with Gasteiger partial charge in [0.25, 0.3) is 0 Å². The van der Waals surface area contributed by atoms with Gasteiger partial charge in [0.2, 0.25) is 5.91 Å². The number of nitrogens with one attached hydrogen (secondary N) is 1. The van der Waals surface area contributed by atoms with Crippen LogP contribution in [0.3, 0.4) is 0 Å². The molecule has 1 fully saturated rings. The van der Waals surface area contributed by atoms with Crippen molar-refractivity contribution in [3.63, 3.8) is 0 Å². The Morgan fingerprint density at radius 3 is 2.86 bits per heavy atom. The summed E-state index contributed by atoms with van der Waals surface area (Å²) in [7, 11) is 0. The van der Waals surface area contributed by atoms with Crippen LogP contribution in [0.1, 0.15) is 51.8 Å². The van der Waals surface area contributed by atoms with Crippen molar-refractivity contribution in [1.82, 2.24) is 10.2 Å². The third kappa shape index (κ3) is 3.65. The van der Waals surface area contributed by atoms with Crippen molar-refractivity contribution >= 4 is 17.2 Å². The Bertz CT molecular complexity index is 449. The number of thiophene rings is 1. The van der Waals surface area contributed by atoms with E-state index in [9.17, 15) is 4.79 Å². The minimum Gasteiger partial charge on any atom is -0.380 e. The average molecular weight is 310 g/mol. The Labute approximate surface area is 131 Å². The lowest BCUT2D eigenvalue weighted by Gasteiger charge is -2.23. The molecule has 0 radical (unpaired) electrons. The summed E-state index contributed by atoms with van der Waals surface area (Å²) < 4.78 is 5.63. The number of nitrogens with zero attached hydrogens (tertiary/aromatic N) is 1. The van der Waals surface area contributed by atoms with E-state index in [1.807, 2.05) is 11.8 Å². The van der Waals surface area contributed by atoms with Crippen molar-refractivity contribution in [2.75, 3.05) is 19.8 Å². The highest BCUT2D eigenvalue weighted by Gasteiger charge is 2.46. The van der Waals surface area contributed by atoms with E-state index in [-0.39, 0.29) is 12.1 Å². The molecule has 0 saturated carbocycles. The van der Waals surface area contributed by atoms with E-state index in [2.05, 4.69) is 36.0 Å². The monoisotopic (exact) mass is 310 g/mol. The maximum atomic E-state index is 12.7. The molecule has 1 N–H and O–H groups in total. The van der Waals surface area contributed by atoms with Gasteiger partial charge in [0.15, 0.2) is 0 Å². The molecule has 1 aliphatic heterocycles. The Kier molecular flexibility index (Phi) is 5.79. The molecule has 4 nitrogen and oxygen atoms in total. The third-order valence-corrected chi connectivity index (χ3v) is 4.89. The van der Waals surface area contributed by atoms with Crippen molar-refractivity contribution in [2.24, 2.45) is 0 Å². The van der Waals surface area contributed by atoms with Gasteiger partial charge in [-0.05, 0) is 42.2 Å². The van der Waals surface area contributed by atoms with Crippen molar-refractivity contribution < 1.29 is 9.53 Å². The quantitative estimate of drug-likeness (QED) is 0.750. The maximum absolute atomic E-state index is 12.7. The average Bonchev–Trinajstić information content (AvgIpc) is 3.09. The molecular weight excluding hydrogens is 284 g/mol. The molecule has 0 spiro atoms. The first-order valence-electron chi connectivity index (χ1n) is 7.81. The van der Waals surface area contributed by atoms with Crippen LogP contribution in [0.25, 0.3) is 0 Å². The summed E-state index contributed by atoms with van der Waals surface area (Å²) in [5, 5.41) is 7.66. The second-order valence-electron chi connectivity index (χ2n) is 5.75. The molecule has 2 heterocycles. The van der Waals surface area contributed by atoms with Crippen LogP contribution in [0.5, 0.6) is 0 Å². The number of unbranched alkanes of at least 4 members (excludes halogenated alkanes) is 1. The molecule has 2 rings (SSSR count). The van der Waals surface area contributed by atoms with Crippen LogP contribution in [0, 0.1) is 0 Å². The molecule has 0 bridgehead atoms. The van der Waals surface area contributed by atoms with E-state index in [0.29, 0.717) is 13.2 Å². The third-order valence-electron chi connectivity index (χ3n) is 4.18. The molecule has 1 aromatic rings. The van der Waals surface area contributed by atoms with Crippen LogP contribution >= 0.6 is 11.3 Å². The van der Waals surface area contributed by atoms with Gasteiger partial charge in [-0.25, -0.2) is 0 Å². The number of carbonyl (C=O) groups excluding carboxylic acids is 1. The molecule has 118 valence electrons. The summed E-state index contributed by atoms with van der Waals surface area (Å²) >= 11 is 1.66. The lowest BCUT2D eigenvalue weighted by Crippen LogP contribution is -2.43. The maximum Gasteiger partial charge on any atom is 0.244 e. The Balaban J connectivity index is 2.02. The van der Waals surface area contributed by atoms with Gasteiger partial charge in [-0.2, -0.15) is 11.3 Å². The lowest BCUT2D eigenvalue weighted by molar-refractivity contribution is -0.133. The van der Waals surface area contributed by atoms with Gasteiger partial charge < -0.3 is 9.64 Å². The largest absolute Gasteiger partial charge is 0.380 e. The highest BCUT2D eigenvalue weighted by Crippen LogP contribution is 2.33. The van der Waals surface area contributed by atoms with Gasteiger partial charge in [0.1, 0.15) is 6.17 Å². The SMILES string of the molecule is CCCCOCCN1C(=O)C(C)(CC)NC1c1ccsc1. The number of ether oxygens (including phenoxy) is 1. The molecule has 1 amide bonds. The van der Waals surface area contributed by atoms with Crippen LogP contribution in [-0.2, 0) is 9.53 Å². The zero-order chi connectivity index (χ0) is 15.3. The molecule has 21 heavy (non-hydrogen) atoms. The fourth-order valence-electron chi connectivity index (χ4n) is 2.56. The summed E-state index contributed by atoms with van der Waals surface area (Å²) in [6.45, 7) is 8.22. The van der Waals surface area contributed by atoms with Gasteiger partial charge in [-0.3, -0.25) is 10.1 Å². The van der Waals surface area contributed by atoms with E-state index in [1.165, 1.54) is 5.56 Å². The topological polar surface area (TPSA) is 41.6 Å². The smallest absolute Gasteiger partial charge is 0.244 e. The van der Waals surface area contributed by atoms with Gasteiger partial charge in [0, 0.05) is 13.2 Å². The van der Waals surface area contributed by atoms with Crippen molar-refractivity contribution in [3.05, 3.63) is 22.4 Å². The van der Waals surface area contributed by atoms with Crippen LogP contribution in [0.15, 0.2) is 16.8 Å². The van der Waals surface area contributed by atoms with Gasteiger partial charge >= 0.3 is 0 Å². The van der Waals surface area contributed by atoms with E-state index in [1.54, 1.807) is 11.3 Å². The molecule has 1 saturated heterocycles. The van der Waals surface area contributed by atoms with E-state index in [4.69, 9.17) is 4.74 Å². The summed E-state index contributed by atoms with van der Waals surface area (Å²) in [6.07, 6.45) is 2.98. The first kappa shape index (κ1) is 16.5. The minimum absolute atomic E-state index is 0.0246. The van der Waals surface area contributed by atoms with Gasteiger partial charge in [-0.1, -0.05) is 20.3 Å². The number of amides is 1. The van der Waals surface area contributed by atoms with Crippen LogP contribution < -0.4 is 5.32 Å². The number of carbonyl (C=O) groups is 1. The Morgan fingerprint density at radius 1 is 1.43 bits per heavy atom. The van der Waals surface area contributed by atoms with Crippen LogP contribution in [0.2, 0.25) is 0 Å². The zero-order valence-electron chi connectivity index (χ0n) is 13.2. The molecule has 1 aromatic heterocycles. The van der Waals surface area contributed by atoms with Crippen LogP contribution in [-0.4, -0.2) is 36.1 Å². The predicted octanol–water partition coefficient (Wildman–Crippen LogP) is 3.16. The normalized spacial score (nSPS) is 25.8. The van der Waals surface area contributed by atoms with Gasteiger partial charge in [0.05, 0.1) is 12.1 Å². The number of hydrogen-bond donors (Lipinski definition) is 1. The molecule has 2 unspecified atom stereocenters. The van der Waals surface area contributed by atoms with Crippen LogP contribution in [0.4, 0.5) is 0 Å². The molecular formula is C16H26N2O2S. The highest BCUT2D eigenvalue weighted by molar-refractivity contribution is 7.07. The summed E-state index contributed by atoms with van der Waals surface area (Å²) in [4.78, 5) is 14.6. The second kappa shape index (κ2) is 7.38. The minimum atomic E-state index is -0.462. The fraction of sp³-hybridized carbons (Fsp3) is 0.688. The summed E-state index contributed by atoms with van der Waals surface area (Å²) in [6, 6.07) is 2.09. The first-order chi connectivity index (χ1) is 10.1. The molecule has 0 aliphatic carbocycles. The lowest BCUT2D eigenvalue weighted by atomic mass is 9.99. The van der Waals surface area contributed by atoms with Gasteiger partial charge in [-0.15, -0.1) is 0 Å². The van der Waals surface area contributed by atoms with E-state index < -0.39 is 5.54 Å². The van der Waals surface area contributed by atoms with Crippen molar-refractivity contribution in [1.29, 1.82) is 0 Å². The standard InChI is InChI=1S/C16H26N2O2S/c1-4-6-9-20-10-8-18-14(13-7-11-21-12-13)17-16(3,5-2)15(18)19/h7,11-12,14,17H,4-6,8-10H2,1-3H3. The Morgan fingerprint density at radius 2 is 2.24 bits per heavy atom. The molecule has 1 aliphatic rings. The molecule has 2 atom stereocenters. The fourth-order valence-corrected chi connectivity index (χ4v) is 3.24. The molecule has 5 heteroatoms. The number of hydrogen-bond acceptors (Lipinski definition) is 4. The summed E-state index contributed by atoms with van der Waals surface area (Å²) in [5.74, 6) is 0.181. The van der Waals surface area contributed by atoms with Crippen molar-refractivity contribution in [3.8, 4) is 0 Å². The number of rotatable bonds is 8. The zero-order valence-corrected chi connectivity index (χ0v) is 14.0. The first-order valence-corrected chi connectivity index (χ1v) is 8.75. The molecule has 0 aromatic carbocycles.